The van der Waals surface area contributed by atoms with Gasteiger partial charge in [-0.3, -0.25) is 10.2 Å². The van der Waals surface area contributed by atoms with Crippen LogP contribution >= 0.6 is 0 Å². The van der Waals surface area contributed by atoms with Crippen LogP contribution in [-0.4, -0.2) is 52.9 Å². The maximum atomic E-state index is 12.3. The van der Waals surface area contributed by atoms with Crippen LogP contribution in [0.15, 0.2) is 30.5 Å². The van der Waals surface area contributed by atoms with E-state index in [1.807, 2.05) is 6.07 Å². The number of H-pyrrole nitrogens is 1. The van der Waals surface area contributed by atoms with Gasteiger partial charge in [-0.15, -0.1) is 10.2 Å². The van der Waals surface area contributed by atoms with Gasteiger partial charge in [0.15, 0.2) is 0 Å². The summed E-state index contributed by atoms with van der Waals surface area (Å²) in [6.45, 7) is 0.288. The maximum Gasteiger partial charge on any atom is 0.426 e. The van der Waals surface area contributed by atoms with Gasteiger partial charge < -0.3 is 14.8 Å². The van der Waals surface area contributed by atoms with Crippen LogP contribution in [0.3, 0.4) is 0 Å². The van der Waals surface area contributed by atoms with E-state index in [-0.39, 0.29) is 30.2 Å². The Morgan fingerprint density at radius 2 is 2.11 bits per heavy atom. The molecule has 1 aromatic heterocycles. The number of aromatic nitrogens is 4. The Bertz CT molecular complexity index is 844. The summed E-state index contributed by atoms with van der Waals surface area (Å²) in [6.07, 6.45) is 0.512. The third-order valence-electron chi connectivity index (χ3n) is 3.05. The van der Waals surface area contributed by atoms with Crippen molar-refractivity contribution in [3.8, 4) is 6.07 Å². The largest absolute Gasteiger partial charge is 0.446 e. The molecule has 2 amide bonds. The fourth-order valence-corrected chi connectivity index (χ4v) is 1.81. The maximum absolute atomic E-state index is 12.3. The van der Waals surface area contributed by atoms with Gasteiger partial charge >= 0.3 is 6.09 Å². The molecular weight excluding hydrogens is 356 g/mol. The van der Waals surface area contributed by atoms with Gasteiger partial charge in [0.25, 0.3) is 5.91 Å². The highest BCUT2D eigenvalue weighted by Crippen LogP contribution is 2.16. The number of nitrogens with zero attached hydrogens (tertiary/aromatic N) is 4. The zero-order chi connectivity index (χ0) is 19.5. The first-order valence-corrected chi connectivity index (χ1v) is 7.57. The Hall–Kier alpha value is -3.98. The predicted octanol–water partition coefficient (Wildman–Crippen LogP) is 0.194. The first-order valence-electron chi connectivity index (χ1n) is 7.57. The average Bonchev–Trinajstić information content (AvgIpc) is 3.22. The van der Waals surface area contributed by atoms with Gasteiger partial charge in [-0.1, -0.05) is 12.1 Å². The Labute approximate surface area is 153 Å². The van der Waals surface area contributed by atoms with E-state index in [0.717, 1.165) is 0 Å². The van der Waals surface area contributed by atoms with Gasteiger partial charge in [0.05, 0.1) is 17.9 Å². The molecule has 0 aliphatic carbocycles. The average molecular weight is 372 g/mol. The summed E-state index contributed by atoms with van der Waals surface area (Å²) in [5.41, 5.74) is 5.07. The number of carbonyl (C=O) groups is 2. The second kappa shape index (κ2) is 10.1. The van der Waals surface area contributed by atoms with Crippen molar-refractivity contribution in [1.82, 2.24) is 31.5 Å². The lowest BCUT2D eigenvalue weighted by Crippen LogP contribution is -2.42. The molecule has 0 atom stereocenters. The molecule has 140 valence electrons. The number of hydrogen-bond donors (Lipinski definition) is 4. The van der Waals surface area contributed by atoms with Crippen LogP contribution in [0.5, 0.6) is 0 Å². The second-order valence-electron chi connectivity index (χ2n) is 4.80. The number of tetrazole rings is 1. The highest BCUT2D eigenvalue weighted by Gasteiger charge is 2.12. The van der Waals surface area contributed by atoms with E-state index < -0.39 is 12.0 Å². The fourth-order valence-electron chi connectivity index (χ4n) is 1.81. The van der Waals surface area contributed by atoms with E-state index in [4.69, 9.17) is 14.7 Å². The molecule has 2 aromatic rings. The van der Waals surface area contributed by atoms with Crippen molar-refractivity contribution in [3.05, 3.63) is 41.9 Å². The van der Waals surface area contributed by atoms with Gasteiger partial charge in [0.2, 0.25) is 5.82 Å². The van der Waals surface area contributed by atoms with Crippen molar-refractivity contribution in [2.24, 2.45) is 0 Å². The topological polar surface area (TPSA) is 167 Å². The number of ether oxygens (including phenoxy) is 2. The summed E-state index contributed by atoms with van der Waals surface area (Å²) in [5.74, 6) is -0.485. The van der Waals surface area contributed by atoms with Gasteiger partial charge in [-0.2, -0.15) is 10.5 Å². The number of nitrogens with one attached hydrogen (secondary N) is 4. The number of hydrogen-bond acceptors (Lipinski definition) is 9. The third-order valence-corrected chi connectivity index (χ3v) is 3.05. The minimum atomic E-state index is -0.824. The van der Waals surface area contributed by atoms with Gasteiger partial charge in [-0.25, -0.2) is 10.2 Å². The van der Waals surface area contributed by atoms with Crippen molar-refractivity contribution in [1.29, 1.82) is 5.26 Å². The monoisotopic (exact) mass is 372 g/mol. The molecule has 0 bridgehead atoms. The first kappa shape index (κ1) is 19.3. The standard InChI is InChI=1S/C15H16N8O4/c1-26-6-7-27-15(25)21-20-14(24)11-4-2-3-5-12(11)17-9-10(8-16)13-18-22-23-19-13/h2-5,9,17H,6-7H2,1H3,(H,20,24)(H,21,25)(H,18,19,22,23). The molecule has 0 aliphatic heterocycles. The number of methoxy groups -OCH3 is 1. The van der Waals surface area contributed by atoms with Crippen LogP contribution in [0, 0.1) is 11.3 Å². The number of anilines is 1. The normalized spacial score (nSPS) is 10.6. The molecule has 12 heteroatoms. The summed E-state index contributed by atoms with van der Waals surface area (Å²) >= 11 is 0. The molecule has 0 saturated carbocycles. The molecule has 12 nitrogen and oxygen atoms in total. The van der Waals surface area contributed by atoms with Gasteiger partial charge in [-0.05, 0) is 17.3 Å². The molecular formula is C15H16N8O4. The molecule has 0 spiro atoms. The van der Waals surface area contributed by atoms with Gasteiger partial charge in [0, 0.05) is 13.3 Å². The molecule has 0 fully saturated rings. The summed E-state index contributed by atoms with van der Waals surface area (Å²) in [7, 11) is 1.47. The van der Waals surface area contributed by atoms with E-state index in [2.05, 4.69) is 36.8 Å². The Kier molecular flexibility index (Phi) is 7.24. The Balaban J connectivity index is 2.01. The highest BCUT2D eigenvalue weighted by molar-refractivity contribution is 6.00. The van der Waals surface area contributed by atoms with E-state index in [0.29, 0.717) is 5.69 Å². The van der Waals surface area contributed by atoms with Gasteiger partial charge in [0.1, 0.15) is 18.2 Å². The predicted molar refractivity (Wildman–Crippen MR) is 91.7 cm³/mol. The third kappa shape index (κ3) is 5.80. The number of nitriles is 1. The Morgan fingerprint density at radius 1 is 1.30 bits per heavy atom. The van der Waals surface area contributed by atoms with Crippen molar-refractivity contribution in [2.75, 3.05) is 25.6 Å². The van der Waals surface area contributed by atoms with Crippen LogP contribution in [0.25, 0.3) is 5.57 Å². The zero-order valence-electron chi connectivity index (χ0n) is 14.2. The van der Waals surface area contributed by atoms with Crippen molar-refractivity contribution < 1.29 is 19.1 Å². The minimum absolute atomic E-state index is 0.0498. The number of aromatic amines is 1. The van der Waals surface area contributed by atoms with Crippen LogP contribution in [-0.2, 0) is 9.47 Å². The lowest BCUT2D eigenvalue weighted by Gasteiger charge is -2.11. The molecule has 27 heavy (non-hydrogen) atoms. The second-order valence-corrected chi connectivity index (χ2v) is 4.80. The van der Waals surface area contributed by atoms with Crippen LogP contribution in [0.2, 0.25) is 0 Å². The number of carbonyl (C=O) groups excluding carboxylic acids is 2. The summed E-state index contributed by atoms with van der Waals surface area (Å²) in [4.78, 5) is 23.7. The Morgan fingerprint density at radius 3 is 2.81 bits per heavy atom. The van der Waals surface area contributed by atoms with E-state index in [1.54, 1.807) is 18.2 Å². The molecule has 0 saturated heterocycles. The van der Waals surface area contributed by atoms with Crippen LogP contribution in [0.4, 0.5) is 10.5 Å². The molecule has 1 heterocycles. The molecule has 0 unspecified atom stereocenters. The smallest absolute Gasteiger partial charge is 0.426 e. The summed E-state index contributed by atoms with van der Waals surface area (Å²) < 4.78 is 9.50. The van der Waals surface area contributed by atoms with E-state index >= 15 is 0 Å². The summed E-state index contributed by atoms with van der Waals surface area (Å²) in [6, 6.07) is 8.41. The molecule has 4 N–H and O–H groups in total. The molecule has 2 rings (SSSR count). The molecule has 0 radical (unpaired) electrons. The fraction of sp³-hybridized carbons (Fsp3) is 0.200. The number of para-hydroxylation sites is 1. The molecule has 1 aromatic carbocycles. The van der Waals surface area contributed by atoms with Crippen LogP contribution in [0.1, 0.15) is 16.2 Å². The number of benzene rings is 1. The molecule has 0 aliphatic rings. The number of rotatable bonds is 7. The van der Waals surface area contributed by atoms with E-state index in [1.165, 1.54) is 19.4 Å². The zero-order valence-corrected chi connectivity index (χ0v) is 14.2. The minimum Gasteiger partial charge on any atom is -0.446 e. The van der Waals surface area contributed by atoms with Crippen LogP contribution < -0.4 is 16.2 Å². The number of hydrazine groups is 1. The van der Waals surface area contributed by atoms with E-state index in [9.17, 15) is 9.59 Å². The highest BCUT2D eigenvalue weighted by atomic mass is 16.6. The SMILES string of the molecule is COCCOC(=O)NNC(=O)c1ccccc1NC=C(C#N)c1nn[nH]n1. The van der Waals surface area contributed by atoms with Crippen molar-refractivity contribution in [2.45, 2.75) is 0 Å². The lowest BCUT2D eigenvalue weighted by molar-refractivity contribution is 0.0850. The number of amides is 2. The van der Waals surface area contributed by atoms with Crippen molar-refractivity contribution in [3.63, 3.8) is 0 Å². The van der Waals surface area contributed by atoms with Crippen molar-refractivity contribution >= 4 is 23.3 Å². The summed E-state index contributed by atoms with van der Waals surface area (Å²) in [5, 5.41) is 25.0. The lowest BCUT2D eigenvalue weighted by atomic mass is 10.1. The first-order chi connectivity index (χ1) is 13.2. The quantitative estimate of drug-likeness (QED) is 0.301. The number of allylic oxidation sites excluding steroid dienone is 1.